The second kappa shape index (κ2) is 5.56. The van der Waals surface area contributed by atoms with Crippen LogP contribution in [0.2, 0.25) is 0 Å². The first kappa shape index (κ1) is 10.0. The summed E-state index contributed by atoms with van der Waals surface area (Å²) in [6.07, 6.45) is 4.76. The zero-order valence-electron chi connectivity index (χ0n) is 7.57. The molecule has 1 heterocycles. The minimum Gasteiger partial charge on any atom is -0.488 e. The molecule has 3 heteroatoms. The van der Waals surface area contributed by atoms with Crippen LogP contribution in [0.1, 0.15) is 0 Å². The molecule has 1 saturated heterocycles. The Morgan fingerprint density at radius 2 is 2.08 bits per heavy atom. The Kier molecular flexibility index (Phi) is 4.29. The molecule has 72 valence electrons. The fraction of sp³-hybridized carbons (Fsp3) is 0.400. The molecule has 1 aliphatic rings. The van der Waals surface area contributed by atoms with Gasteiger partial charge in [-0.3, -0.25) is 0 Å². The fourth-order valence-corrected chi connectivity index (χ4v) is 0.959. The van der Waals surface area contributed by atoms with Gasteiger partial charge in [-0.25, -0.2) is 0 Å². The lowest BCUT2D eigenvalue weighted by atomic mass is 10.4. The van der Waals surface area contributed by atoms with Crippen molar-refractivity contribution in [3.05, 3.63) is 37.1 Å². The Morgan fingerprint density at radius 3 is 2.62 bits per heavy atom. The van der Waals surface area contributed by atoms with Gasteiger partial charge in [-0.05, 0) is 12.2 Å². The third-order valence-corrected chi connectivity index (χ3v) is 1.56. The number of rotatable bonds is 5. The summed E-state index contributed by atoms with van der Waals surface area (Å²) in [5, 5.41) is 0. The Labute approximate surface area is 78.3 Å². The first-order valence-corrected chi connectivity index (χ1v) is 4.18. The topological polar surface area (TPSA) is 27.7 Å². The zero-order chi connectivity index (χ0) is 9.52. The smallest absolute Gasteiger partial charge is 0.191 e. The first-order chi connectivity index (χ1) is 6.36. The molecule has 0 saturated carbocycles. The van der Waals surface area contributed by atoms with Crippen LogP contribution in [0.25, 0.3) is 0 Å². The van der Waals surface area contributed by atoms with Gasteiger partial charge in [0, 0.05) is 0 Å². The van der Waals surface area contributed by atoms with E-state index in [0.717, 1.165) is 0 Å². The predicted octanol–water partition coefficient (Wildman–Crippen LogP) is 1.63. The van der Waals surface area contributed by atoms with Crippen molar-refractivity contribution >= 4 is 0 Å². The van der Waals surface area contributed by atoms with E-state index >= 15 is 0 Å². The maximum Gasteiger partial charge on any atom is 0.191 e. The third kappa shape index (κ3) is 3.44. The van der Waals surface area contributed by atoms with E-state index in [4.69, 9.17) is 14.2 Å². The highest BCUT2D eigenvalue weighted by molar-refractivity contribution is 5.14. The van der Waals surface area contributed by atoms with Gasteiger partial charge < -0.3 is 14.2 Å². The molecular formula is C10H14O3. The summed E-state index contributed by atoms with van der Waals surface area (Å²) < 4.78 is 15.7. The van der Waals surface area contributed by atoms with Crippen LogP contribution in [-0.2, 0) is 14.2 Å². The largest absolute Gasteiger partial charge is 0.488 e. The molecule has 1 rings (SSSR count). The molecule has 0 aromatic heterocycles. The van der Waals surface area contributed by atoms with Crippen molar-refractivity contribution in [1.82, 2.24) is 0 Å². The van der Waals surface area contributed by atoms with Gasteiger partial charge in [0.25, 0.3) is 0 Å². The monoisotopic (exact) mass is 182 g/mol. The highest BCUT2D eigenvalue weighted by Gasteiger charge is 2.16. The average molecular weight is 182 g/mol. The summed E-state index contributed by atoms with van der Waals surface area (Å²) in [4.78, 5) is 0. The van der Waals surface area contributed by atoms with Crippen molar-refractivity contribution < 1.29 is 14.2 Å². The van der Waals surface area contributed by atoms with E-state index in [0.29, 0.717) is 25.6 Å². The molecule has 1 aliphatic heterocycles. The summed E-state index contributed by atoms with van der Waals surface area (Å²) in [5.41, 5.74) is 0. The molecule has 0 unspecified atom stereocenters. The molecule has 0 spiro atoms. The highest BCUT2D eigenvalue weighted by Crippen LogP contribution is 2.07. The van der Waals surface area contributed by atoms with Gasteiger partial charge in [0.15, 0.2) is 6.29 Å². The van der Waals surface area contributed by atoms with Crippen LogP contribution in [0.4, 0.5) is 0 Å². The number of hydrogen-bond donors (Lipinski definition) is 0. The number of hydrogen-bond acceptors (Lipinski definition) is 3. The van der Waals surface area contributed by atoms with Crippen molar-refractivity contribution in [2.45, 2.75) is 6.29 Å². The summed E-state index contributed by atoms with van der Waals surface area (Å²) in [5.74, 6) is 0.675. The average Bonchev–Trinajstić information content (AvgIpc) is 2.64. The van der Waals surface area contributed by atoms with Crippen molar-refractivity contribution in [1.29, 1.82) is 0 Å². The van der Waals surface area contributed by atoms with Crippen LogP contribution >= 0.6 is 0 Å². The second-order valence-corrected chi connectivity index (χ2v) is 2.49. The minimum atomic E-state index is -0.242. The van der Waals surface area contributed by atoms with E-state index in [1.807, 2.05) is 0 Å². The van der Waals surface area contributed by atoms with Crippen LogP contribution in [0.3, 0.4) is 0 Å². The van der Waals surface area contributed by atoms with Gasteiger partial charge in [-0.15, -0.1) is 0 Å². The van der Waals surface area contributed by atoms with E-state index in [9.17, 15) is 0 Å². The SMILES string of the molecule is C=C/C=C(\C=C)OCC1OCCO1. The lowest BCUT2D eigenvalue weighted by molar-refractivity contribution is -0.0805. The maximum atomic E-state index is 5.34. The van der Waals surface area contributed by atoms with E-state index < -0.39 is 0 Å². The molecule has 3 nitrogen and oxygen atoms in total. The van der Waals surface area contributed by atoms with Gasteiger partial charge in [-0.1, -0.05) is 19.2 Å². The summed E-state index contributed by atoms with van der Waals surface area (Å²) in [7, 11) is 0. The highest BCUT2D eigenvalue weighted by atomic mass is 16.7. The Balaban J connectivity index is 2.26. The number of ether oxygens (including phenoxy) is 3. The van der Waals surface area contributed by atoms with Crippen molar-refractivity contribution in [3.8, 4) is 0 Å². The molecule has 0 aromatic carbocycles. The van der Waals surface area contributed by atoms with E-state index in [1.165, 1.54) is 0 Å². The summed E-state index contributed by atoms with van der Waals surface area (Å²) in [6.45, 7) is 8.84. The molecule has 0 bridgehead atoms. The molecule has 0 N–H and O–H groups in total. The Bertz CT molecular complexity index is 202. The van der Waals surface area contributed by atoms with E-state index in [-0.39, 0.29) is 6.29 Å². The standard InChI is InChI=1S/C10H14O3/c1-3-5-9(4-2)13-8-10-11-6-7-12-10/h3-5,10H,1-2,6-8H2/b9-5+. The lowest BCUT2D eigenvalue weighted by Crippen LogP contribution is -2.15. The van der Waals surface area contributed by atoms with Crippen LogP contribution < -0.4 is 0 Å². The van der Waals surface area contributed by atoms with Gasteiger partial charge in [0.2, 0.25) is 0 Å². The lowest BCUT2D eigenvalue weighted by Gasteiger charge is -2.10. The predicted molar refractivity (Wildman–Crippen MR) is 50.1 cm³/mol. The third-order valence-electron chi connectivity index (χ3n) is 1.56. The second-order valence-electron chi connectivity index (χ2n) is 2.49. The van der Waals surface area contributed by atoms with Crippen molar-refractivity contribution in [3.63, 3.8) is 0 Å². The normalized spacial score (nSPS) is 18.6. The van der Waals surface area contributed by atoms with Crippen LogP contribution in [-0.4, -0.2) is 26.1 Å². The number of allylic oxidation sites excluding steroid dienone is 3. The maximum absolute atomic E-state index is 5.34. The molecule has 0 atom stereocenters. The van der Waals surface area contributed by atoms with Gasteiger partial charge in [0.1, 0.15) is 12.4 Å². The van der Waals surface area contributed by atoms with Gasteiger partial charge in [0.05, 0.1) is 13.2 Å². The van der Waals surface area contributed by atoms with Crippen molar-refractivity contribution in [2.24, 2.45) is 0 Å². The van der Waals surface area contributed by atoms with E-state index in [1.54, 1.807) is 18.2 Å². The molecule has 0 aromatic rings. The van der Waals surface area contributed by atoms with Crippen LogP contribution in [0.15, 0.2) is 37.1 Å². The van der Waals surface area contributed by atoms with E-state index in [2.05, 4.69) is 13.2 Å². The minimum absolute atomic E-state index is 0.242. The first-order valence-electron chi connectivity index (χ1n) is 4.18. The van der Waals surface area contributed by atoms with Gasteiger partial charge in [-0.2, -0.15) is 0 Å². The Morgan fingerprint density at radius 1 is 1.38 bits per heavy atom. The van der Waals surface area contributed by atoms with Gasteiger partial charge >= 0.3 is 0 Å². The Hall–Kier alpha value is -1.06. The molecule has 0 amide bonds. The van der Waals surface area contributed by atoms with Crippen LogP contribution in [0.5, 0.6) is 0 Å². The molecule has 13 heavy (non-hydrogen) atoms. The fourth-order valence-electron chi connectivity index (χ4n) is 0.959. The molecule has 1 fully saturated rings. The van der Waals surface area contributed by atoms with Crippen LogP contribution in [0, 0.1) is 0 Å². The molecule has 0 radical (unpaired) electrons. The summed E-state index contributed by atoms with van der Waals surface area (Å²) in [6, 6.07) is 0. The molecular weight excluding hydrogens is 168 g/mol. The summed E-state index contributed by atoms with van der Waals surface area (Å²) >= 11 is 0. The quantitative estimate of drug-likeness (QED) is 0.477. The van der Waals surface area contributed by atoms with Crippen molar-refractivity contribution in [2.75, 3.05) is 19.8 Å². The zero-order valence-corrected chi connectivity index (χ0v) is 7.57. The molecule has 0 aliphatic carbocycles.